The molecule has 1 heterocycles. The molecule has 1 aliphatic carbocycles. The number of nitrogens with zero attached hydrogens (tertiary/aromatic N) is 2. The van der Waals surface area contributed by atoms with Gasteiger partial charge in [-0.1, -0.05) is 34.1 Å². The number of benzene rings is 1. The van der Waals surface area contributed by atoms with Crippen LogP contribution in [0.5, 0.6) is 0 Å². The number of aryl methyl sites for hydroxylation is 1. The quantitative estimate of drug-likeness (QED) is 0.832. The molecule has 0 bridgehead atoms. The van der Waals surface area contributed by atoms with Crippen molar-refractivity contribution in [1.82, 2.24) is 9.97 Å². The lowest BCUT2D eigenvalue weighted by Crippen LogP contribution is -1.97. The molecule has 3 rings (SSSR count). The van der Waals surface area contributed by atoms with Crippen molar-refractivity contribution in [2.45, 2.75) is 25.7 Å². The van der Waals surface area contributed by atoms with Gasteiger partial charge in [0.2, 0.25) is 0 Å². The normalized spacial score (nSPS) is 14.9. The molecule has 1 aliphatic rings. The fraction of sp³-hybridized carbons (Fsp3) is 0.286. The fourth-order valence-corrected chi connectivity index (χ4v) is 2.47. The predicted octanol–water partition coefficient (Wildman–Crippen LogP) is 4.09. The lowest BCUT2D eigenvalue weighted by Gasteiger charge is -2.08. The summed E-state index contributed by atoms with van der Waals surface area (Å²) in [6.07, 6.45) is 4.44. The van der Waals surface area contributed by atoms with Gasteiger partial charge < -0.3 is 0 Å². The van der Waals surface area contributed by atoms with Crippen molar-refractivity contribution in [2.75, 3.05) is 0 Å². The van der Waals surface area contributed by atoms with Crippen LogP contribution in [0.2, 0.25) is 0 Å². The van der Waals surface area contributed by atoms with Gasteiger partial charge in [-0.15, -0.1) is 0 Å². The Morgan fingerprint density at radius 1 is 1.18 bits per heavy atom. The summed E-state index contributed by atoms with van der Waals surface area (Å²) in [4.78, 5) is 9.11. The Kier molecular flexibility index (Phi) is 2.71. The van der Waals surface area contributed by atoms with Crippen molar-refractivity contribution in [2.24, 2.45) is 0 Å². The Bertz CT molecular complexity index is 562. The Morgan fingerprint density at radius 3 is 2.59 bits per heavy atom. The minimum absolute atomic E-state index is 0.613. The van der Waals surface area contributed by atoms with Crippen LogP contribution < -0.4 is 0 Å². The first kappa shape index (κ1) is 10.9. The van der Waals surface area contributed by atoms with Gasteiger partial charge in [0, 0.05) is 27.8 Å². The van der Waals surface area contributed by atoms with Gasteiger partial charge >= 0.3 is 0 Å². The van der Waals surface area contributed by atoms with Crippen LogP contribution in [0.4, 0.5) is 0 Å². The maximum Gasteiger partial charge on any atom is 0.131 e. The molecule has 0 amide bonds. The molecule has 17 heavy (non-hydrogen) atoms. The van der Waals surface area contributed by atoms with E-state index in [0.29, 0.717) is 5.92 Å². The highest BCUT2D eigenvalue weighted by Gasteiger charge is 2.26. The van der Waals surface area contributed by atoms with E-state index in [4.69, 9.17) is 0 Å². The standard InChI is InChI=1S/C14H13BrN2/c1-9-12(11-4-2-3-5-13(11)15)8-16-14(17-9)10-6-7-10/h2-5,8,10H,6-7H2,1H3. The second-order valence-corrected chi connectivity index (χ2v) is 5.34. The Labute approximate surface area is 109 Å². The monoisotopic (exact) mass is 288 g/mol. The summed E-state index contributed by atoms with van der Waals surface area (Å²) in [7, 11) is 0. The van der Waals surface area contributed by atoms with E-state index in [-0.39, 0.29) is 0 Å². The van der Waals surface area contributed by atoms with Crippen molar-refractivity contribution >= 4 is 15.9 Å². The third-order valence-corrected chi connectivity index (χ3v) is 3.80. The lowest BCUT2D eigenvalue weighted by atomic mass is 10.1. The summed E-state index contributed by atoms with van der Waals surface area (Å²) >= 11 is 3.57. The van der Waals surface area contributed by atoms with E-state index in [9.17, 15) is 0 Å². The molecule has 1 aromatic carbocycles. The fourth-order valence-electron chi connectivity index (χ4n) is 1.97. The van der Waals surface area contributed by atoms with Crippen LogP contribution >= 0.6 is 15.9 Å². The summed E-state index contributed by atoms with van der Waals surface area (Å²) in [6.45, 7) is 2.06. The molecule has 0 aliphatic heterocycles. The zero-order valence-corrected chi connectivity index (χ0v) is 11.2. The van der Waals surface area contributed by atoms with Gasteiger partial charge in [0.15, 0.2) is 0 Å². The van der Waals surface area contributed by atoms with Gasteiger partial charge in [-0.2, -0.15) is 0 Å². The van der Waals surface area contributed by atoms with Gasteiger partial charge in [0.05, 0.1) is 0 Å². The number of aromatic nitrogens is 2. The summed E-state index contributed by atoms with van der Waals surface area (Å²) in [5.74, 6) is 1.63. The maximum atomic E-state index is 4.62. The topological polar surface area (TPSA) is 25.8 Å². The molecule has 2 nitrogen and oxygen atoms in total. The van der Waals surface area contributed by atoms with Gasteiger partial charge in [0.25, 0.3) is 0 Å². The van der Waals surface area contributed by atoms with Crippen molar-refractivity contribution in [1.29, 1.82) is 0 Å². The number of halogens is 1. The summed E-state index contributed by atoms with van der Waals surface area (Å²) < 4.78 is 1.09. The molecule has 0 atom stereocenters. The van der Waals surface area contributed by atoms with Crippen molar-refractivity contribution in [3.05, 3.63) is 46.5 Å². The molecule has 1 fully saturated rings. The highest BCUT2D eigenvalue weighted by atomic mass is 79.9. The van der Waals surface area contributed by atoms with E-state index in [1.54, 1.807) is 0 Å². The van der Waals surface area contributed by atoms with Crippen LogP contribution in [0.1, 0.15) is 30.3 Å². The second-order valence-electron chi connectivity index (χ2n) is 4.48. The molecule has 0 spiro atoms. The molecule has 0 unspecified atom stereocenters. The average Bonchev–Trinajstić information content (AvgIpc) is 3.14. The minimum atomic E-state index is 0.613. The van der Waals surface area contributed by atoms with Gasteiger partial charge in [0.1, 0.15) is 5.82 Å². The summed E-state index contributed by atoms with van der Waals surface area (Å²) in [6, 6.07) is 8.19. The molecular weight excluding hydrogens is 276 g/mol. The van der Waals surface area contributed by atoms with Gasteiger partial charge in [-0.05, 0) is 31.4 Å². The molecule has 1 aromatic heterocycles. The average molecular weight is 289 g/mol. The minimum Gasteiger partial charge on any atom is -0.240 e. The highest BCUT2D eigenvalue weighted by Crippen LogP contribution is 2.39. The first-order chi connectivity index (χ1) is 8.25. The smallest absolute Gasteiger partial charge is 0.131 e. The van der Waals surface area contributed by atoms with Crippen molar-refractivity contribution in [3.8, 4) is 11.1 Å². The molecule has 2 aromatic rings. The Hall–Kier alpha value is -1.22. The molecule has 86 valence electrons. The van der Waals surface area contributed by atoms with E-state index in [1.807, 2.05) is 24.4 Å². The van der Waals surface area contributed by atoms with E-state index in [1.165, 1.54) is 12.8 Å². The van der Waals surface area contributed by atoms with E-state index in [0.717, 1.165) is 27.1 Å². The summed E-state index contributed by atoms with van der Waals surface area (Å²) in [5.41, 5.74) is 3.34. The summed E-state index contributed by atoms with van der Waals surface area (Å²) in [5, 5.41) is 0. The second kappa shape index (κ2) is 4.22. The van der Waals surface area contributed by atoms with E-state index < -0.39 is 0 Å². The van der Waals surface area contributed by atoms with Crippen molar-refractivity contribution in [3.63, 3.8) is 0 Å². The van der Waals surface area contributed by atoms with Gasteiger partial charge in [-0.25, -0.2) is 9.97 Å². The zero-order valence-electron chi connectivity index (χ0n) is 9.65. The van der Waals surface area contributed by atoms with E-state index >= 15 is 0 Å². The molecule has 0 radical (unpaired) electrons. The third kappa shape index (κ3) is 2.12. The SMILES string of the molecule is Cc1nc(C2CC2)ncc1-c1ccccc1Br. The number of rotatable bonds is 2. The van der Waals surface area contributed by atoms with Crippen LogP contribution in [0.3, 0.4) is 0 Å². The molecule has 0 saturated heterocycles. The molecule has 1 saturated carbocycles. The zero-order chi connectivity index (χ0) is 11.8. The lowest BCUT2D eigenvalue weighted by molar-refractivity contribution is 0.908. The largest absolute Gasteiger partial charge is 0.240 e. The number of hydrogen-bond acceptors (Lipinski definition) is 2. The van der Waals surface area contributed by atoms with Crippen LogP contribution in [0.15, 0.2) is 34.9 Å². The van der Waals surface area contributed by atoms with Crippen LogP contribution in [0, 0.1) is 6.92 Å². The highest BCUT2D eigenvalue weighted by molar-refractivity contribution is 9.10. The van der Waals surface area contributed by atoms with Crippen molar-refractivity contribution < 1.29 is 0 Å². The first-order valence-corrected chi connectivity index (χ1v) is 6.63. The van der Waals surface area contributed by atoms with Crippen LogP contribution in [-0.4, -0.2) is 9.97 Å². The maximum absolute atomic E-state index is 4.62. The molecule has 3 heteroatoms. The number of hydrogen-bond donors (Lipinski definition) is 0. The molecule has 0 N–H and O–H groups in total. The Balaban J connectivity index is 2.06. The third-order valence-electron chi connectivity index (χ3n) is 3.10. The predicted molar refractivity (Wildman–Crippen MR) is 71.9 cm³/mol. The van der Waals surface area contributed by atoms with Crippen LogP contribution in [-0.2, 0) is 0 Å². The first-order valence-electron chi connectivity index (χ1n) is 5.84. The Morgan fingerprint density at radius 2 is 1.94 bits per heavy atom. The van der Waals surface area contributed by atoms with Crippen LogP contribution in [0.25, 0.3) is 11.1 Å². The molecular formula is C14H13BrN2. The van der Waals surface area contributed by atoms with Gasteiger partial charge in [-0.3, -0.25) is 0 Å². The van der Waals surface area contributed by atoms with E-state index in [2.05, 4.69) is 38.9 Å².